The summed E-state index contributed by atoms with van der Waals surface area (Å²) in [5, 5.41) is 0. The summed E-state index contributed by atoms with van der Waals surface area (Å²) in [5.74, 6) is 0.304. The molecule has 1 aromatic rings. The number of Topliss-reactive ketones (excluding diaryl/α,β-unsaturated/α-hetero) is 1. The molecule has 0 saturated heterocycles. The van der Waals surface area contributed by atoms with Gasteiger partial charge in [0.05, 0.1) is 6.10 Å². The molecule has 116 valence electrons. The third-order valence-corrected chi connectivity index (χ3v) is 5.44. The van der Waals surface area contributed by atoms with Gasteiger partial charge in [-0.1, -0.05) is 27.7 Å². The third kappa shape index (κ3) is 2.26. The van der Waals surface area contributed by atoms with Crippen molar-refractivity contribution in [2.24, 2.45) is 10.8 Å². The number of aromatic nitrogens is 1. The van der Waals surface area contributed by atoms with E-state index in [4.69, 9.17) is 4.74 Å². The van der Waals surface area contributed by atoms with E-state index in [-0.39, 0.29) is 10.8 Å². The number of hydrogen-bond acceptors (Lipinski definition) is 2. The van der Waals surface area contributed by atoms with Crippen molar-refractivity contribution in [2.75, 3.05) is 6.61 Å². The molecule has 3 rings (SSSR count). The first-order chi connectivity index (χ1) is 9.76. The first-order valence-corrected chi connectivity index (χ1v) is 8.11. The van der Waals surface area contributed by atoms with E-state index in [0.717, 1.165) is 25.0 Å². The van der Waals surface area contributed by atoms with Crippen LogP contribution >= 0.6 is 0 Å². The van der Waals surface area contributed by atoms with Gasteiger partial charge in [0.15, 0.2) is 5.78 Å². The molecule has 0 aromatic carbocycles. The second-order valence-corrected chi connectivity index (χ2v) is 8.04. The van der Waals surface area contributed by atoms with Crippen molar-refractivity contribution in [3.63, 3.8) is 0 Å². The number of carbonyl (C=O) groups excluding carboxylic acids is 1. The van der Waals surface area contributed by atoms with E-state index in [1.165, 1.54) is 5.69 Å². The van der Waals surface area contributed by atoms with Crippen LogP contribution in [-0.2, 0) is 11.2 Å². The summed E-state index contributed by atoms with van der Waals surface area (Å²) >= 11 is 0. The Morgan fingerprint density at radius 1 is 1.29 bits per heavy atom. The summed E-state index contributed by atoms with van der Waals surface area (Å²) in [6, 6.07) is 2.47. The van der Waals surface area contributed by atoms with Gasteiger partial charge in [-0.3, -0.25) is 4.79 Å². The average Bonchev–Trinajstić information content (AvgIpc) is 2.76. The molecule has 0 radical (unpaired) electrons. The first kappa shape index (κ1) is 14.8. The molecular formula is C18H27NO2. The summed E-state index contributed by atoms with van der Waals surface area (Å²) < 4.78 is 8.21. The molecule has 3 heteroatoms. The molecular weight excluding hydrogens is 262 g/mol. The van der Waals surface area contributed by atoms with Gasteiger partial charge in [0.25, 0.3) is 0 Å². The highest BCUT2D eigenvalue weighted by molar-refractivity contribution is 5.98. The Morgan fingerprint density at radius 3 is 2.62 bits per heavy atom. The second-order valence-electron chi connectivity index (χ2n) is 8.04. The zero-order valence-electron chi connectivity index (χ0n) is 13.9. The van der Waals surface area contributed by atoms with Crippen LogP contribution in [0.1, 0.15) is 69.6 Å². The quantitative estimate of drug-likeness (QED) is 0.841. The van der Waals surface area contributed by atoms with Crippen molar-refractivity contribution in [1.82, 2.24) is 4.57 Å². The molecule has 3 nitrogen and oxygen atoms in total. The molecule has 0 spiro atoms. The summed E-state index contributed by atoms with van der Waals surface area (Å²) in [4.78, 5) is 12.3. The Kier molecular flexibility index (Phi) is 3.32. The van der Waals surface area contributed by atoms with Gasteiger partial charge in [0.1, 0.15) is 0 Å². The molecule has 21 heavy (non-hydrogen) atoms. The Hall–Kier alpha value is -1.09. The number of carbonyl (C=O) groups is 1. The van der Waals surface area contributed by atoms with E-state index in [0.29, 0.717) is 24.3 Å². The van der Waals surface area contributed by atoms with E-state index < -0.39 is 0 Å². The van der Waals surface area contributed by atoms with Crippen molar-refractivity contribution in [3.05, 3.63) is 23.5 Å². The molecule has 2 atom stereocenters. The molecule has 0 bridgehead atoms. The zero-order valence-corrected chi connectivity index (χ0v) is 13.9. The lowest BCUT2D eigenvalue weighted by molar-refractivity contribution is -0.128. The van der Waals surface area contributed by atoms with Crippen LogP contribution in [0.2, 0.25) is 0 Å². The SMILES string of the molecule is CCOC1CC(n2ccc3c2CC(C)(C)CC3=O)C1(C)C. The van der Waals surface area contributed by atoms with Crippen LogP contribution in [0.3, 0.4) is 0 Å². The normalized spacial score (nSPS) is 29.9. The zero-order chi connectivity index (χ0) is 15.4. The Bertz CT molecular complexity index is 568. The van der Waals surface area contributed by atoms with Crippen LogP contribution in [0.4, 0.5) is 0 Å². The predicted molar refractivity (Wildman–Crippen MR) is 83.7 cm³/mol. The van der Waals surface area contributed by atoms with Crippen LogP contribution in [0, 0.1) is 10.8 Å². The lowest BCUT2D eigenvalue weighted by atomic mass is 9.64. The van der Waals surface area contributed by atoms with Crippen molar-refractivity contribution in [2.45, 2.75) is 66.0 Å². The van der Waals surface area contributed by atoms with Gasteiger partial charge in [-0.05, 0) is 31.2 Å². The van der Waals surface area contributed by atoms with Crippen molar-refractivity contribution < 1.29 is 9.53 Å². The van der Waals surface area contributed by atoms with Crippen molar-refractivity contribution in [1.29, 1.82) is 0 Å². The van der Waals surface area contributed by atoms with Crippen LogP contribution in [0.25, 0.3) is 0 Å². The lowest BCUT2D eigenvalue weighted by Gasteiger charge is -2.53. The highest BCUT2D eigenvalue weighted by Crippen LogP contribution is 2.52. The number of ether oxygens (including phenoxy) is 1. The Morgan fingerprint density at radius 2 is 2.00 bits per heavy atom. The molecule has 1 heterocycles. The molecule has 0 aliphatic heterocycles. The standard InChI is InChI=1S/C18H27NO2/c1-6-21-16-9-15(18(16,4)5)19-8-7-12-13(19)10-17(2,3)11-14(12)20/h7-8,15-16H,6,9-11H2,1-5H3. The minimum atomic E-state index is 0.0768. The molecule has 1 saturated carbocycles. The fourth-order valence-electron chi connectivity index (χ4n) is 4.08. The van der Waals surface area contributed by atoms with Crippen LogP contribution in [0.15, 0.2) is 12.3 Å². The van der Waals surface area contributed by atoms with Gasteiger partial charge < -0.3 is 9.30 Å². The number of fused-ring (bicyclic) bond motifs is 1. The highest BCUT2D eigenvalue weighted by Gasteiger charge is 2.51. The summed E-state index contributed by atoms with van der Waals surface area (Å²) in [7, 11) is 0. The fraction of sp³-hybridized carbons (Fsp3) is 0.722. The lowest BCUT2D eigenvalue weighted by Crippen LogP contribution is -2.52. The molecule has 2 unspecified atom stereocenters. The number of rotatable bonds is 3. The Labute approximate surface area is 127 Å². The van der Waals surface area contributed by atoms with Crippen LogP contribution in [-0.4, -0.2) is 23.1 Å². The molecule has 2 aliphatic carbocycles. The maximum Gasteiger partial charge on any atom is 0.165 e. The summed E-state index contributed by atoms with van der Waals surface area (Å²) in [5.41, 5.74) is 2.40. The van der Waals surface area contributed by atoms with Gasteiger partial charge in [-0.15, -0.1) is 0 Å². The summed E-state index contributed by atoms with van der Waals surface area (Å²) in [6.45, 7) is 11.8. The average molecular weight is 289 g/mol. The highest BCUT2D eigenvalue weighted by atomic mass is 16.5. The number of nitrogens with zero attached hydrogens (tertiary/aromatic N) is 1. The fourth-order valence-corrected chi connectivity index (χ4v) is 4.08. The topological polar surface area (TPSA) is 31.2 Å². The van der Waals surface area contributed by atoms with Crippen LogP contribution < -0.4 is 0 Å². The number of ketones is 1. The van der Waals surface area contributed by atoms with Gasteiger partial charge in [-0.2, -0.15) is 0 Å². The first-order valence-electron chi connectivity index (χ1n) is 8.11. The predicted octanol–water partition coefficient (Wildman–Crippen LogP) is 4.02. The Balaban J connectivity index is 1.91. The van der Waals surface area contributed by atoms with Gasteiger partial charge in [0.2, 0.25) is 0 Å². The van der Waals surface area contributed by atoms with Gasteiger partial charge in [-0.25, -0.2) is 0 Å². The maximum absolute atomic E-state index is 12.3. The molecule has 1 aromatic heterocycles. The van der Waals surface area contributed by atoms with Crippen molar-refractivity contribution in [3.8, 4) is 0 Å². The molecule has 1 fully saturated rings. The van der Waals surface area contributed by atoms with Gasteiger partial charge in [0, 0.05) is 41.9 Å². The summed E-state index contributed by atoms with van der Waals surface area (Å²) in [6.07, 6.45) is 5.17. The van der Waals surface area contributed by atoms with E-state index >= 15 is 0 Å². The van der Waals surface area contributed by atoms with E-state index in [1.54, 1.807) is 0 Å². The molecule has 0 amide bonds. The van der Waals surface area contributed by atoms with E-state index in [1.807, 2.05) is 6.07 Å². The largest absolute Gasteiger partial charge is 0.378 e. The maximum atomic E-state index is 12.3. The monoisotopic (exact) mass is 289 g/mol. The number of hydrogen-bond donors (Lipinski definition) is 0. The molecule has 2 aliphatic rings. The van der Waals surface area contributed by atoms with E-state index in [2.05, 4.69) is 45.4 Å². The smallest absolute Gasteiger partial charge is 0.165 e. The third-order valence-electron chi connectivity index (χ3n) is 5.44. The minimum absolute atomic E-state index is 0.0768. The van der Waals surface area contributed by atoms with Crippen molar-refractivity contribution >= 4 is 5.78 Å². The van der Waals surface area contributed by atoms with Gasteiger partial charge >= 0.3 is 0 Å². The van der Waals surface area contributed by atoms with E-state index in [9.17, 15) is 4.79 Å². The molecule has 0 N–H and O–H groups in total. The second kappa shape index (κ2) is 4.70. The van der Waals surface area contributed by atoms with Crippen LogP contribution in [0.5, 0.6) is 0 Å². The minimum Gasteiger partial charge on any atom is -0.378 e.